The van der Waals surface area contributed by atoms with Gasteiger partial charge in [-0.2, -0.15) is 0 Å². The van der Waals surface area contributed by atoms with Crippen molar-refractivity contribution in [3.8, 4) is 11.5 Å². The molecule has 1 fully saturated rings. The minimum atomic E-state index is -1.09. The van der Waals surface area contributed by atoms with Gasteiger partial charge in [0, 0.05) is 28.7 Å². The first-order valence-corrected chi connectivity index (χ1v) is 16.5. The predicted molar refractivity (Wildman–Crippen MR) is 172 cm³/mol. The van der Waals surface area contributed by atoms with Crippen LogP contribution in [0.3, 0.4) is 0 Å². The Kier molecular flexibility index (Phi) is 10.4. The fourth-order valence-electron chi connectivity index (χ4n) is 7.30. The number of aliphatic hydroxyl groups is 1. The first-order chi connectivity index (χ1) is 19.9. The Hall–Kier alpha value is -2.42. The number of carboxylic acid groups (broad SMARTS) is 1. The van der Waals surface area contributed by atoms with Crippen LogP contribution in [0, 0.1) is 29.6 Å². The number of ether oxygens (including phenoxy) is 1. The standard InChI is InChI=1S/C34H44O6S2/c1-7-8-9-10-21-14-25(36)29(23-13-18(4)11-12-22(23)17(2)3)26(15-21)40-34(41)42-16-24-19(5)27-28(20(6)35)32(37)31(27)30(24)33(38)39/h13-15,19-20,22-23,27-28,31,35-36H,2,7-12,16H2,1,3-6H3,(H,38,39)/t19-,20+,22-,23+,27+,28+,31?/m0/s1. The Morgan fingerprint density at radius 1 is 1.29 bits per heavy atom. The van der Waals surface area contributed by atoms with E-state index in [1.807, 2.05) is 26.0 Å². The summed E-state index contributed by atoms with van der Waals surface area (Å²) in [6, 6.07) is 3.83. The fraction of sp³-hybridized carbons (Fsp3) is 0.559. The lowest BCUT2D eigenvalue weighted by molar-refractivity contribution is -0.151. The highest BCUT2D eigenvalue weighted by atomic mass is 32.2. The van der Waals surface area contributed by atoms with Crippen LogP contribution in [0.2, 0.25) is 0 Å². The van der Waals surface area contributed by atoms with Gasteiger partial charge in [0.2, 0.25) is 4.38 Å². The number of phenols is 1. The van der Waals surface area contributed by atoms with Gasteiger partial charge in [-0.1, -0.05) is 62.3 Å². The van der Waals surface area contributed by atoms with Crippen LogP contribution in [0.5, 0.6) is 11.5 Å². The minimum absolute atomic E-state index is 0.0982. The zero-order valence-electron chi connectivity index (χ0n) is 25.3. The van der Waals surface area contributed by atoms with Crippen molar-refractivity contribution in [3.05, 3.63) is 58.2 Å². The maximum atomic E-state index is 12.8. The molecule has 0 heterocycles. The van der Waals surface area contributed by atoms with E-state index >= 15 is 0 Å². The van der Waals surface area contributed by atoms with Crippen molar-refractivity contribution in [3.63, 3.8) is 0 Å². The van der Waals surface area contributed by atoms with Gasteiger partial charge in [0.1, 0.15) is 17.3 Å². The second-order valence-electron chi connectivity index (χ2n) is 12.4. The Bertz CT molecular complexity index is 1330. The number of thioether (sulfide) groups is 1. The number of aromatic hydroxyl groups is 1. The second kappa shape index (κ2) is 13.5. The number of ketones is 1. The van der Waals surface area contributed by atoms with Crippen molar-refractivity contribution in [2.24, 2.45) is 29.6 Å². The zero-order valence-corrected chi connectivity index (χ0v) is 26.9. The fourth-order valence-corrected chi connectivity index (χ4v) is 8.41. The zero-order chi connectivity index (χ0) is 30.9. The largest absolute Gasteiger partial charge is 0.507 e. The van der Waals surface area contributed by atoms with Crippen LogP contribution < -0.4 is 4.74 Å². The van der Waals surface area contributed by atoms with E-state index in [0.29, 0.717) is 16.9 Å². The molecule has 0 aliphatic heterocycles. The van der Waals surface area contributed by atoms with Gasteiger partial charge >= 0.3 is 5.97 Å². The smallest absolute Gasteiger partial charge is 0.332 e. The van der Waals surface area contributed by atoms with Crippen molar-refractivity contribution < 1.29 is 29.6 Å². The molecular weight excluding hydrogens is 569 g/mol. The first kappa shape index (κ1) is 32.5. The molecule has 1 aromatic carbocycles. The monoisotopic (exact) mass is 612 g/mol. The summed E-state index contributed by atoms with van der Waals surface area (Å²) >= 11 is 6.92. The third-order valence-corrected chi connectivity index (χ3v) is 10.7. The van der Waals surface area contributed by atoms with Crippen molar-refractivity contribution in [1.29, 1.82) is 0 Å². The number of hydrogen-bond donors (Lipinski definition) is 3. The number of aliphatic hydroxyl groups excluding tert-OH is 1. The molecule has 0 radical (unpaired) electrons. The molecular formula is C34H44O6S2. The van der Waals surface area contributed by atoms with Gasteiger partial charge in [0.15, 0.2) is 0 Å². The van der Waals surface area contributed by atoms with Crippen LogP contribution in [0.4, 0.5) is 0 Å². The number of carbonyl (C=O) groups excluding carboxylic acids is 1. The first-order valence-electron chi connectivity index (χ1n) is 15.1. The lowest BCUT2D eigenvalue weighted by Gasteiger charge is -2.43. The predicted octanol–water partition coefficient (Wildman–Crippen LogP) is 7.38. The van der Waals surface area contributed by atoms with Crippen LogP contribution in [-0.2, 0) is 16.0 Å². The average Bonchev–Trinajstić information content (AvgIpc) is 3.15. The number of carboxylic acids is 1. The Labute approximate surface area is 259 Å². The second-order valence-corrected chi connectivity index (χ2v) is 14.0. The molecule has 228 valence electrons. The van der Waals surface area contributed by atoms with Crippen LogP contribution in [0.1, 0.15) is 83.8 Å². The Morgan fingerprint density at radius 2 is 2.00 bits per heavy atom. The quantitative estimate of drug-likeness (QED) is 0.135. The number of hydrogen-bond acceptors (Lipinski definition) is 7. The molecule has 42 heavy (non-hydrogen) atoms. The van der Waals surface area contributed by atoms with Crippen LogP contribution in [-0.4, -0.2) is 43.3 Å². The molecule has 8 heteroatoms. The van der Waals surface area contributed by atoms with E-state index in [4.69, 9.17) is 17.0 Å². The number of unbranched alkanes of at least 4 members (excludes halogenated alkanes) is 2. The van der Waals surface area contributed by atoms with Crippen LogP contribution in [0.25, 0.3) is 0 Å². The number of rotatable bonds is 11. The van der Waals surface area contributed by atoms with Crippen molar-refractivity contribution >= 4 is 40.1 Å². The lowest BCUT2D eigenvalue weighted by Crippen LogP contribution is -2.53. The van der Waals surface area contributed by atoms with Gasteiger partial charge in [-0.3, -0.25) is 4.79 Å². The van der Waals surface area contributed by atoms with Gasteiger partial charge in [0.05, 0.1) is 12.0 Å². The topological polar surface area (TPSA) is 104 Å². The molecule has 6 nitrogen and oxygen atoms in total. The highest BCUT2D eigenvalue weighted by Crippen LogP contribution is 2.56. The molecule has 3 aliphatic rings. The molecule has 1 unspecified atom stereocenters. The van der Waals surface area contributed by atoms with Gasteiger partial charge in [0.25, 0.3) is 0 Å². The summed E-state index contributed by atoms with van der Waals surface area (Å²) in [5.74, 6) is -1.82. The van der Waals surface area contributed by atoms with Crippen molar-refractivity contribution in [2.75, 3.05) is 5.75 Å². The highest BCUT2D eigenvalue weighted by Gasteiger charge is 2.61. The summed E-state index contributed by atoms with van der Waals surface area (Å²) in [4.78, 5) is 25.0. The van der Waals surface area contributed by atoms with Gasteiger partial charge < -0.3 is 20.1 Å². The van der Waals surface area contributed by atoms with E-state index in [9.17, 15) is 24.9 Å². The molecule has 3 N–H and O–H groups in total. The van der Waals surface area contributed by atoms with Gasteiger partial charge in [-0.15, -0.1) is 0 Å². The summed E-state index contributed by atoms with van der Waals surface area (Å²) in [6.07, 6.45) is 7.31. The number of carbonyl (C=O) groups is 2. The SMILES string of the molecule is C=C(C)[C@@H]1CCC(C)=C[C@H]1c1c(O)cc(CCCCC)cc1OC(=S)SCC1=C(C(=O)O)C2C(=O)[C@H]([C@@H](C)O)[C@H]2[C@H]1C. The van der Waals surface area contributed by atoms with Gasteiger partial charge in [-0.25, -0.2) is 4.79 Å². The molecule has 0 saturated heterocycles. The average molecular weight is 613 g/mol. The summed E-state index contributed by atoms with van der Waals surface area (Å²) in [6.45, 7) is 14.0. The summed E-state index contributed by atoms with van der Waals surface area (Å²) in [5, 5.41) is 31.5. The summed E-state index contributed by atoms with van der Waals surface area (Å²) < 4.78 is 6.56. The highest BCUT2D eigenvalue weighted by molar-refractivity contribution is 8.22. The number of Topliss-reactive ketones (excluding diaryl/α,β-unsaturated/α-hetero) is 1. The third-order valence-electron chi connectivity index (χ3n) is 9.47. The van der Waals surface area contributed by atoms with E-state index in [-0.39, 0.29) is 50.9 Å². The number of allylic oxidation sites excluding steroid dienone is 3. The maximum absolute atomic E-state index is 12.8. The van der Waals surface area contributed by atoms with Crippen LogP contribution >= 0.6 is 24.0 Å². The summed E-state index contributed by atoms with van der Waals surface area (Å²) in [5.41, 5.74) is 4.82. The number of aliphatic carboxylic acids is 1. The number of fused-ring (bicyclic) bond motifs is 1. The molecule has 0 bridgehead atoms. The summed E-state index contributed by atoms with van der Waals surface area (Å²) in [7, 11) is 0. The van der Waals surface area contributed by atoms with Crippen LogP contribution in [0.15, 0.2) is 47.1 Å². The molecule has 1 saturated carbocycles. The van der Waals surface area contributed by atoms with E-state index in [0.717, 1.165) is 49.7 Å². The van der Waals surface area contributed by atoms with E-state index in [1.54, 1.807) is 6.92 Å². The molecule has 0 spiro atoms. The molecule has 7 atom stereocenters. The number of phenolic OH excluding ortho intramolecular Hbond substituents is 1. The number of thiocarbonyl (C=S) groups is 1. The van der Waals surface area contributed by atoms with Gasteiger partial charge in [-0.05, 0) is 99.7 Å². The maximum Gasteiger partial charge on any atom is 0.332 e. The number of benzene rings is 1. The Morgan fingerprint density at radius 3 is 2.62 bits per heavy atom. The van der Waals surface area contributed by atoms with Crippen molar-refractivity contribution in [2.45, 2.75) is 85.2 Å². The molecule has 0 aromatic heterocycles. The normalized spacial score (nSPS) is 27.7. The molecule has 4 rings (SSSR count). The molecule has 0 amide bonds. The Balaban J connectivity index is 1.61. The van der Waals surface area contributed by atoms with Crippen molar-refractivity contribution in [1.82, 2.24) is 0 Å². The molecule has 1 aromatic rings. The lowest BCUT2D eigenvalue weighted by atomic mass is 9.59. The van der Waals surface area contributed by atoms with E-state index < -0.39 is 23.9 Å². The molecule has 3 aliphatic carbocycles. The van der Waals surface area contributed by atoms with E-state index in [2.05, 4.69) is 26.5 Å². The third kappa shape index (κ3) is 6.41. The number of aryl methyl sites for hydroxylation is 1. The minimum Gasteiger partial charge on any atom is -0.507 e. The van der Waals surface area contributed by atoms with E-state index in [1.165, 1.54) is 17.3 Å².